The quantitative estimate of drug-likeness (QED) is 0.703. The Morgan fingerprint density at radius 2 is 1.78 bits per heavy atom. The lowest BCUT2D eigenvalue weighted by molar-refractivity contribution is -0.153. The standard InChI is InChI=1S/C12H19NO5/c1-3-9(12(17)18)13(6-7(2)11(15)16)10(14)8-4-5-8/h7-9H,3-6H2,1-2H3,(H,15,16)(H,17,18). The Labute approximate surface area is 106 Å². The van der Waals surface area contributed by atoms with Gasteiger partial charge in [0.15, 0.2) is 0 Å². The van der Waals surface area contributed by atoms with Crippen LogP contribution in [0, 0.1) is 11.8 Å². The van der Waals surface area contributed by atoms with Crippen molar-refractivity contribution in [3.05, 3.63) is 0 Å². The highest BCUT2D eigenvalue weighted by atomic mass is 16.4. The third-order valence-electron chi connectivity index (χ3n) is 3.15. The highest BCUT2D eigenvalue weighted by molar-refractivity contribution is 5.87. The van der Waals surface area contributed by atoms with Crippen LogP contribution in [-0.4, -0.2) is 45.5 Å². The van der Waals surface area contributed by atoms with Gasteiger partial charge in [-0.2, -0.15) is 0 Å². The molecule has 0 aromatic rings. The van der Waals surface area contributed by atoms with Gasteiger partial charge in [0.05, 0.1) is 5.92 Å². The fourth-order valence-corrected chi connectivity index (χ4v) is 1.84. The van der Waals surface area contributed by atoms with Crippen molar-refractivity contribution >= 4 is 17.8 Å². The molecule has 1 aliphatic rings. The Morgan fingerprint density at radius 3 is 2.11 bits per heavy atom. The highest BCUT2D eigenvalue weighted by Gasteiger charge is 2.39. The summed E-state index contributed by atoms with van der Waals surface area (Å²) in [5.41, 5.74) is 0. The second kappa shape index (κ2) is 5.84. The Morgan fingerprint density at radius 1 is 1.22 bits per heavy atom. The predicted molar refractivity (Wildman–Crippen MR) is 63.0 cm³/mol. The summed E-state index contributed by atoms with van der Waals surface area (Å²) < 4.78 is 0. The number of carboxylic acids is 2. The topological polar surface area (TPSA) is 94.9 Å². The molecule has 0 radical (unpaired) electrons. The molecular weight excluding hydrogens is 238 g/mol. The monoisotopic (exact) mass is 257 g/mol. The zero-order chi connectivity index (χ0) is 13.9. The molecule has 6 nitrogen and oxygen atoms in total. The van der Waals surface area contributed by atoms with Gasteiger partial charge in [-0.3, -0.25) is 9.59 Å². The van der Waals surface area contributed by atoms with Crippen LogP contribution in [0.25, 0.3) is 0 Å². The zero-order valence-electron chi connectivity index (χ0n) is 10.6. The molecule has 6 heteroatoms. The molecule has 0 aromatic carbocycles. The van der Waals surface area contributed by atoms with Crippen molar-refractivity contribution in [3.63, 3.8) is 0 Å². The van der Waals surface area contributed by atoms with Crippen LogP contribution in [0.2, 0.25) is 0 Å². The average Bonchev–Trinajstić information content (AvgIpc) is 3.10. The molecule has 1 rings (SSSR count). The molecule has 1 saturated carbocycles. The molecule has 0 spiro atoms. The van der Waals surface area contributed by atoms with Crippen molar-refractivity contribution in [2.75, 3.05) is 6.54 Å². The Hall–Kier alpha value is -1.59. The van der Waals surface area contributed by atoms with Gasteiger partial charge < -0.3 is 15.1 Å². The summed E-state index contributed by atoms with van der Waals surface area (Å²) >= 11 is 0. The van der Waals surface area contributed by atoms with E-state index in [9.17, 15) is 14.4 Å². The van der Waals surface area contributed by atoms with Gasteiger partial charge in [-0.1, -0.05) is 13.8 Å². The predicted octanol–water partition coefficient (Wildman–Crippen LogP) is 0.809. The van der Waals surface area contributed by atoms with Crippen LogP contribution in [0.3, 0.4) is 0 Å². The van der Waals surface area contributed by atoms with Crippen LogP contribution in [0.5, 0.6) is 0 Å². The van der Waals surface area contributed by atoms with Gasteiger partial charge >= 0.3 is 11.9 Å². The first-order valence-electron chi connectivity index (χ1n) is 6.14. The molecule has 0 aromatic heterocycles. The van der Waals surface area contributed by atoms with Crippen LogP contribution in [-0.2, 0) is 14.4 Å². The van der Waals surface area contributed by atoms with E-state index in [2.05, 4.69) is 0 Å². The van der Waals surface area contributed by atoms with Crippen LogP contribution < -0.4 is 0 Å². The molecule has 2 atom stereocenters. The van der Waals surface area contributed by atoms with Gasteiger partial charge in [0.1, 0.15) is 6.04 Å². The minimum atomic E-state index is -1.08. The summed E-state index contributed by atoms with van der Waals surface area (Å²) in [6.45, 7) is 3.11. The molecule has 0 bridgehead atoms. The Bertz CT molecular complexity index is 350. The normalized spacial score (nSPS) is 17.9. The number of rotatable bonds is 7. The molecule has 0 heterocycles. The molecule has 2 N–H and O–H groups in total. The number of hydrogen-bond acceptors (Lipinski definition) is 3. The summed E-state index contributed by atoms with van der Waals surface area (Å²) in [7, 11) is 0. The second-order valence-corrected chi connectivity index (χ2v) is 4.77. The van der Waals surface area contributed by atoms with E-state index in [4.69, 9.17) is 10.2 Å². The van der Waals surface area contributed by atoms with E-state index in [1.807, 2.05) is 0 Å². The van der Waals surface area contributed by atoms with Crippen molar-refractivity contribution in [2.24, 2.45) is 11.8 Å². The zero-order valence-corrected chi connectivity index (χ0v) is 10.6. The number of hydrogen-bond donors (Lipinski definition) is 2. The van der Waals surface area contributed by atoms with Gasteiger partial charge in [-0.15, -0.1) is 0 Å². The first kappa shape index (κ1) is 14.5. The first-order chi connectivity index (χ1) is 8.38. The van der Waals surface area contributed by atoms with Crippen molar-refractivity contribution in [1.82, 2.24) is 4.90 Å². The number of carbonyl (C=O) groups is 3. The van der Waals surface area contributed by atoms with E-state index in [1.54, 1.807) is 6.92 Å². The van der Waals surface area contributed by atoms with Crippen molar-refractivity contribution in [2.45, 2.75) is 39.2 Å². The van der Waals surface area contributed by atoms with Crippen LogP contribution >= 0.6 is 0 Å². The molecular formula is C12H19NO5. The summed E-state index contributed by atoms with van der Waals surface area (Å²) in [4.78, 5) is 35.2. The smallest absolute Gasteiger partial charge is 0.326 e. The third kappa shape index (κ3) is 3.45. The molecule has 18 heavy (non-hydrogen) atoms. The third-order valence-corrected chi connectivity index (χ3v) is 3.15. The van der Waals surface area contributed by atoms with Crippen LogP contribution in [0.4, 0.5) is 0 Å². The maximum Gasteiger partial charge on any atom is 0.326 e. The summed E-state index contributed by atoms with van der Waals surface area (Å²) in [6.07, 6.45) is 1.82. The number of carbonyl (C=O) groups excluding carboxylic acids is 1. The fourth-order valence-electron chi connectivity index (χ4n) is 1.84. The molecule has 1 amide bonds. The van der Waals surface area contributed by atoms with E-state index in [1.165, 1.54) is 11.8 Å². The Balaban J connectivity index is 2.82. The molecule has 2 unspecified atom stereocenters. The van der Waals surface area contributed by atoms with E-state index in [0.29, 0.717) is 0 Å². The minimum absolute atomic E-state index is 0.0462. The van der Waals surface area contributed by atoms with Crippen molar-refractivity contribution in [3.8, 4) is 0 Å². The number of amides is 1. The maximum absolute atomic E-state index is 12.0. The fraction of sp³-hybridized carbons (Fsp3) is 0.750. The van der Waals surface area contributed by atoms with Crippen molar-refractivity contribution in [1.29, 1.82) is 0 Å². The summed E-state index contributed by atoms with van der Waals surface area (Å²) in [5, 5.41) is 18.0. The summed E-state index contributed by atoms with van der Waals surface area (Å²) in [6, 6.07) is -0.931. The van der Waals surface area contributed by atoms with Crippen LogP contribution in [0.1, 0.15) is 33.1 Å². The van der Waals surface area contributed by atoms with E-state index < -0.39 is 23.9 Å². The van der Waals surface area contributed by atoms with Gasteiger partial charge in [0.2, 0.25) is 5.91 Å². The van der Waals surface area contributed by atoms with Gasteiger partial charge in [-0.05, 0) is 19.3 Å². The van der Waals surface area contributed by atoms with Crippen LogP contribution in [0.15, 0.2) is 0 Å². The van der Waals surface area contributed by atoms with Gasteiger partial charge in [0, 0.05) is 12.5 Å². The molecule has 1 aliphatic carbocycles. The number of carboxylic acid groups (broad SMARTS) is 2. The van der Waals surface area contributed by atoms with Gasteiger partial charge in [0.25, 0.3) is 0 Å². The highest BCUT2D eigenvalue weighted by Crippen LogP contribution is 2.32. The minimum Gasteiger partial charge on any atom is -0.481 e. The van der Waals surface area contributed by atoms with E-state index >= 15 is 0 Å². The molecule has 0 aliphatic heterocycles. The summed E-state index contributed by atoms with van der Waals surface area (Å²) in [5.74, 6) is -3.20. The lowest BCUT2D eigenvalue weighted by atomic mass is 10.1. The second-order valence-electron chi connectivity index (χ2n) is 4.77. The number of nitrogens with zero attached hydrogens (tertiary/aromatic N) is 1. The molecule has 0 saturated heterocycles. The SMILES string of the molecule is CCC(C(=O)O)N(CC(C)C(=O)O)C(=O)C1CC1. The van der Waals surface area contributed by atoms with Gasteiger partial charge in [-0.25, -0.2) is 4.79 Å². The molecule has 102 valence electrons. The lowest BCUT2D eigenvalue weighted by Crippen LogP contribution is -2.48. The van der Waals surface area contributed by atoms with Crippen molar-refractivity contribution < 1.29 is 24.6 Å². The first-order valence-corrected chi connectivity index (χ1v) is 6.14. The molecule has 1 fully saturated rings. The van der Waals surface area contributed by atoms with E-state index in [0.717, 1.165) is 12.8 Å². The maximum atomic E-state index is 12.0. The average molecular weight is 257 g/mol. The van der Waals surface area contributed by atoms with E-state index in [-0.39, 0.29) is 24.8 Å². The number of aliphatic carboxylic acids is 2. The Kier molecular flexibility index (Phi) is 4.69. The lowest BCUT2D eigenvalue weighted by Gasteiger charge is -2.29. The largest absolute Gasteiger partial charge is 0.481 e.